The van der Waals surface area contributed by atoms with Gasteiger partial charge in [-0.25, -0.2) is 9.97 Å². The second-order valence-corrected chi connectivity index (χ2v) is 14.5. The Kier molecular flexibility index (Phi) is 5.79. The summed E-state index contributed by atoms with van der Waals surface area (Å²) in [5.41, 5.74) is 17.3. The van der Waals surface area contributed by atoms with E-state index in [1.54, 1.807) is 0 Å². The van der Waals surface area contributed by atoms with Crippen LogP contribution < -0.4 is 0 Å². The zero-order valence-corrected chi connectivity index (χ0v) is 28.9. The van der Waals surface area contributed by atoms with Crippen molar-refractivity contribution >= 4 is 43.9 Å². The van der Waals surface area contributed by atoms with Gasteiger partial charge in [-0.05, 0) is 75.3 Å². The van der Waals surface area contributed by atoms with Crippen molar-refractivity contribution in [3.05, 3.63) is 186 Å². The number of fused-ring (bicyclic) bond motifs is 11. The van der Waals surface area contributed by atoms with Crippen LogP contribution in [-0.4, -0.2) is 14.5 Å². The van der Waals surface area contributed by atoms with E-state index in [1.165, 1.54) is 55.2 Å². The summed E-state index contributed by atoms with van der Waals surface area (Å²) in [4.78, 5) is 10.6. The summed E-state index contributed by atoms with van der Waals surface area (Å²) in [7, 11) is 0. The van der Waals surface area contributed by atoms with Gasteiger partial charge in [0.25, 0.3) is 0 Å². The summed E-state index contributed by atoms with van der Waals surface area (Å²) in [6.45, 7) is 2.31. The van der Waals surface area contributed by atoms with Crippen LogP contribution >= 0.6 is 0 Å². The molecule has 0 amide bonds. The first-order valence-corrected chi connectivity index (χ1v) is 18.4. The Bertz CT molecular complexity index is 3120. The molecule has 2 aliphatic rings. The summed E-state index contributed by atoms with van der Waals surface area (Å²) in [5, 5.41) is 4.61. The molecule has 0 saturated carbocycles. The molecule has 3 aromatic heterocycles. The van der Waals surface area contributed by atoms with Gasteiger partial charge in [0.15, 0.2) is 5.82 Å². The lowest BCUT2D eigenvalue weighted by molar-refractivity contribution is 0.642. The van der Waals surface area contributed by atoms with E-state index in [0.717, 1.165) is 55.9 Å². The van der Waals surface area contributed by atoms with Gasteiger partial charge in [-0.2, -0.15) is 0 Å². The molecule has 0 spiro atoms. The summed E-state index contributed by atoms with van der Waals surface area (Å²) >= 11 is 0. The third-order valence-corrected chi connectivity index (χ3v) is 11.7. The highest BCUT2D eigenvalue weighted by atomic mass is 16.3. The number of furan rings is 1. The third-order valence-electron chi connectivity index (χ3n) is 11.7. The first kappa shape index (κ1) is 28.9. The van der Waals surface area contributed by atoms with Crippen LogP contribution in [-0.2, 0) is 0 Å². The maximum Gasteiger partial charge on any atom is 0.213 e. The van der Waals surface area contributed by atoms with E-state index >= 15 is 0 Å². The fraction of sp³-hybridized carbons (Fsp3) is 0.0612. The molecule has 4 nitrogen and oxygen atoms in total. The molecule has 7 aromatic carbocycles. The Hall–Kier alpha value is -6.78. The van der Waals surface area contributed by atoms with Gasteiger partial charge in [0, 0.05) is 39.1 Å². The molecule has 1 aliphatic carbocycles. The highest BCUT2D eigenvalue weighted by Gasteiger charge is 2.31. The largest absolute Gasteiger partial charge is 0.439 e. The molecule has 248 valence electrons. The van der Waals surface area contributed by atoms with Crippen LogP contribution in [0.3, 0.4) is 0 Å². The molecule has 1 unspecified atom stereocenters. The van der Waals surface area contributed by atoms with Crippen LogP contribution in [0, 0.1) is 0 Å². The number of rotatable bonds is 3. The molecule has 0 saturated heterocycles. The average Bonchev–Trinajstić information content (AvgIpc) is 3.87. The van der Waals surface area contributed by atoms with Gasteiger partial charge in [0.1, 0.15) is 5.58 Å². The number of hydrogen-bond donors (Lipinski definition) is 0. The maximum absolute atomic E-state index is 6.59. The summed E-state index contributed by atoms with van der Waals surface area (Å²) in [6.07, 6.45) is 0. The second-order valence-electron chi connectivity index (χ2n) is 14.5. The fourth-order valence-corrected chi connectivity index (χ4v) is 9.36. The van der Waals surface area contributed by atoms with Gasteiger partial charge in [0.2, 0.25) is 5.71 Å². The van der Waals surface area contributed by atoms with Gasteiger partial charge in [-0.15, -0.1) is 0 Å². The van der Waals surface area contributed by atoms with Crippen LogP contribution in [0.15, 0.2) is 162 Å². The molecule has 10 aromatic rings. The van der Waals surface area contributed by atoms with Gasteiger partial charge in [-0.1, -0.05) is 128 Å². The molecule has 53 heavy (non-hydrogen) atoms. The molecule has 0 N–H and O–H groups in total. The lowest BCUT2D eigenvalue weighted by atomic mass is 9.86. The topological polar surface area (TPSA) is 43.9 Å². The van der Waals surface area contributed by atoms with Crippen molar-refractivity contribution in [1.29, 1.82) is 0 Å². The molecule has 0 fully saturated rings. The lowest BCUT2D eigenvalue weighted by Gasteiger charge is -2.26. The highest BCUT2D eigenvalue weighted by molar-refractivity contribution is 6.21. The molecule has 12 rings (SSSR count). The Morgan fingerprint density at radius 2 is 1.25 bits per heavy atom. The molecular formula is C49H31N3O. The van der Waals surface area contributed by atoms with E-state index < -0.39 is 0 Å². The molecule has 1 atom stereocenters. The van der Waals surface area contributed by atoms with E-state index in [1.807, 2.05) is 6.07 Å². The molecule has 4 heterocycles. The predicted octanol–water partition coefficient (Wildman–Crippen LogP) is 12.4. The smallest absolute Gasteiger partial charge is 0.213 e. The predicted molar refractivity (Wildman–Crippen MR) is 215 cm³/mol. The quantitative estimate of drug-likeness (QED) is 0.187. The normalized spacial score (nSPS) is 14.6. The van der Waals surface area contributed by atoms with Gasteiger partial charge < -0.3 is 4.42 Å². The first-order valence-electron chi connectivity index (χ1n) is 18.4. The van der Waals surface area contributed by atoms with Gasteiger partial charge >= 0.3 is 0 Å². The van der Waals surface area contributed by atoms with Crippen molar-refractivity contribution in [2.45, 2.75) is 18.8 Å². The number of benzene rings is 7. The molecular weight excluding hydrogens is 647 g/mol. The Morgan fingerprint density at radius 3 is 2.09 bits per heavy atom. The van der Waals surface area contributed by atoms with Crippen molar-refractivity contribution in [3.8, 4) is 39.5 Å². The minimum absolute atomic E-state index is 0.165. The first-order chi connectivity index (χ1) is 26.2. The van der Waals surface area contributed by atoms with E-state index in [0.29, 0.717) is 0 Å². The number of nitrogens with zero attached hydrogens (tertiary/aromatic N) is 3. The van der Waals surface area contributed by atoms with E-state index in [9.17, 15) is 0 Å². The SMILES string of the molecule is CC1c2cc(-c3nc(-c4cccc(C5c6ccccc6-c6ccccc65)c4)c4ccccc4n3)ccc2-n2c3oc4ccccc4c3c3cccc1c32. The van der Waals surface area contributed by atoms with E-state index in [4.69, 9.17) is 14.4 Å². The maximum atomic E-state index is 6.59. The van der Waals surface area contributed by atoms with Crippen molar-refractivity contribution in [2.24, 2.45) is 0 Å². The van der Waals surface area contributed by atoms with E-state index in [-0.39, 0.29) is 11.8 Å². The number of para-hydroxylation sites is 3. The number of hydrogen-bond acceptors (Lipinski definition) is 3. The van der Waals surface area contributed by atoms with Crippen molar-refractivity contribution < 1.29 is 4.42 Å². The molecule has 4 heteroatoms. The summed E-state index contributed by atoms with van der Waals surface area (Å²) in [5.74, 6) is 1.07. The Labute approximate surface area is 305 Å². The van der Waals surface area contributed by atoms with Crippen molar-refractivity contribution in [3.63, 3.8) is 0 Å². The standard InChI is InChI=1S/C49H31N3O/c1-28-32-20-11-21-39-45-38-19-7-9-23-43(38)53-49(45)52(47(32)39)42-25-24-31(27-40(28)42)48-50-41-22-8-6-18-37(41)46(51-48)30-13-10-12-29(26-30)44-35-16-4-2-14-33(35)34-15-3-5-17-36(34)44/h2-28,44H,1H3. The second kappa shape index (κ2) is 10.6. The van der Waals surface area contributed by atoms with Crippen LogP contribution in [0.4, 0.5) is 0 Å². The highest BCUT2D eigenvalue weighted by Crippen LogP contribution is 2.50. The Balaban J connectivity index is 1.03. The zero-order valence-electron chi connectivity index (χ0n) is 28.9. The number of aromatic nitrogens is 3. The van der Waals surface area contributed by atoms with Crippen LogP contribution in [0.5, 0.6) is 0 Å². The van der Waals surface area contributed by atoms with Crippen molar-refractivity contribution in [2.75, 3.05) is 0 Å². The average molecular weight is 678 g/mol. The van der Waals surface area contributed by atoms with E-state index in [2.05, 4.69) is 163 Å². The molecule has 0 radical (unpaired) electrons. The Morgan fingerprint density at radius 1 is 0.547 bits per heavy atom. The minimum Gasteiger partial charge on any atom is -0.439 e. The van der Waals surface area contributed by atoms with Crippen LogP contribution in [0.2, 0.25) is 0 Å². The molecule has 0 bridgehead atoms. The van der Waals surface area contributed by atoms with Crippen LogP contribution in [0.1, 0.15) is 46.6 Å². The monoisotopic (exact) mass is 677 g/mol. The summed E-state index contributed by atoms with van der Waals surface area (Å²) < 4.78 is 8.92. The zero-order chi connectivity index (χ0) is 34.8. The summed E-state index contributed by atoms with van der Waals surface area (Å²) in [6, 6.07) is 56.7. The van der Waals surface area contributed by atoms with Crippen molar-refractivity contribution in [1.82, 2.24) is 14.5 Å². The third kappa shape index (κ3) is 3.95. The minimum atomic E-state index is 0.165. The lowest BCUT2D eigenvalue weighted by Crippen LogP contribution is -2.11. The van der Waals surface area contributed by atoms with Gasteiger partial charge in [0.05, 0.1) is 27.8 Å². The molecule has 1 aliphatic heterocycles. The fourth-order valence-electron chi connectivity index (χ4n) is 9.36. The van der Waals surface area contributed by atoms with Gasteiger partial charge in [-0.3, -0.25) is 4.57 Å². The van der Waals surface area contributed by atoms with Crippen LogP contribution in [0.25, 0.3) is 83.3 Å².